The van der Waals surface area contributed by atoms with Crippen LogP contribution in [0.4, 0.5) is 0 Å². The Morgan fingerprint density at radius 3 is 1.66 bits per heavy atom. The van der Waals surface area contributed by atoms with Gasteiger partial charge in [0.05, 0.1) is 11.0 Å². The molecule has 0 N–H and O–H groups in total. The van der Waals surface area contributed by atoms with E-state index in [9.17, 15) is 0 Å². The summed E-state index contributed by atoms with van der Waals surface area (Å²) in [7, 11) is -2.74. The molecular formula is C54H36BNOSSi. The van der Waals surface area contributed by atoms with E-state index in [0.717, 1.165) is 22.7 Å². The Morgan fingerprint density at radius 1 is 0.424 bits per heavy atom. The van der Waals surface area contributed by atoms with Crippen LogP contribution in [-0.2, 0) is 0 Å². The first-order valence-corrected chi connectivity index (χ1v) is 23.2. The summed E-state index contributed by atoms with van der Waals surface area (Å²) in [5, 5.41) is 7.96. The Morgan fingerprint density at radius 2 is 1.00 bits per heavy atom. The molecule has 276 valence electrons. The quantitative estimate of drug-likeness (QED) is 0.123. The van der Waals surface area contributed by atoms with E-state index in [1.165, 1.54) is 75.1 Å². The lowest BCUT2D eigenvalue weighted by Gasteiger charge is -2.35. The SMILES string of the molecule is c1ccc([Si](c2ccccc2)(c2ccccc2)c2cccc(-c3cc4c5c(c3)-c3cc(-n6c7ccccc7c7ccccc76)ccc3SB5c3ccccc3O4)c2)cc1. The molecular weight excluding hydrogens is 750 g/mol. The predicted molar refractivity (Wildman–Crippen MR) is 253 cm³/mol. The highest BCUT2D eigenvalue weighted by Crippen LogP contribution is 2.46. The molecule has 1 aromatic heterocycles. The molecule has 0 unspecified atom stereocenters. The fraction of sp³-hybridized carbons (Fsp3) is 0. The smallest absolute Gasteiger partial charge is 0.289 e. The second-order valence-corrected chi connectivity index (χ2v) is 20.5. The van der Waals surface area contributed by atoms with Crippen LogP contribution in [0, 0.1) is 0 Å². The molecule has 0 spiro atoms. The average molecular weight is 786 g/mol. The lowest BCUT2D eigenvalue weighted by molar-refractivity contribution is 0.488. The molecule has 12 rings (SSSR count). The van der Waals surface area contributed by atoms with Gasteiger partial charge in [0.25, 0.3) is 5.99 Å². The molecule has 0 saturated carbocycles. The fourth-order valence-electron chi connectivity index (χ4n) is 9.85. The summed E-state index contributed by atoms with van der Waals surface area (Å²) in [6.45, 7) is 0. The normalized spacial score (nSPS) is 12.8. The van der Waals surface area contributed by atoms with Gasteiger partial charge < -0.3 is 9.30 Å². The highest BCUT2D eigenvalue weighted by molar-refractivity contribution is 8.28. The van der Waals surface area contributed by atoms with Crippen LogP contribution < -0.4 is 36.4 Å². The maximum atomic E-state index is 6.91. The minimum absolute atomic E-state index is 0.131. The van der Waals surface area contributed by atoms with Gasteiger partial charge in [0.1, 0.15) is 11.5 Å². The number of fused-ring (bicyclic) bond motifs is 7. The van der Waals surface area contributed by atoms with Gasteiger partial charge in [0, 0.05) is 21.4 Å². The van der Waals surface area contributed by atoms with Crippen LogP contribution in [0.15, 0.2) is 223 Å². The second kappa shape index (κ2) is 13.7. The topological polar surface area (TPSA) is 14.2 Å². The van der Waals surface area contributed by atoms with E-state index < -0.39 is 8.07 Å². The van der Waals surface area contributed by atoms with Crippen molar-refractivity contribution in [2.45, 2.75) is 4.90 Å². The number of benzene rings is 9. The third kappa shape index (κ3) is 5.28. The molecule has 0 fully saturated rings. The maximum Gasteiger partial charge on any atom is 0.289 e. The Hall–Kier alpha value is -6.79. The van der Waals surface area contributed by atoms with Crippen molar-refractivity contribution >= 4 is 79.2 Å². The van der Waals surface area contributed by atoms with Crippen molar-refractivity contribution in [3.63, 3.8) is 0 Å². The van der Waals surface area contributed by atoms with Crippen LogP contribution in [0.2, 0.25) is 0 Å². The summed E-state index contributed by atoms with van der Waals surface area (Å²) in [5.74, 6) is 2.00. The van der Waals surface area contributed by atoms with Crippen molar-refractivity contribution in [3.05, 3.63) is 218 Å². The van der Waals surface area contributed by atoms with E-state index in [2.05, 4.69) is 223 Å². The molecule has 5 heteroatoms. The van der Waals surface area contributed by atoms with Gasteiger partial charge in [-0.15, -0.1) is 0 Å². The lowest BCUT2D eigenvalue weighted by Crippen LogP contribution is -2.74. The number of hydrogen-bond donors (Lipinski definition) is 0. The van der Waals surface area contributed by atoms with Crippen molar-refractivity contribution in [1.82, 2.24) is 4.57 Å². The first-order chi connectivity index (χ1) is 29.3. The number of hydrogen-bond acceptors (Lipinski definition) is 2. The molecule has 59 heavy (non-hydrogen) atoms. The van der Waals surface area contributed by atoms with Crippen LogP contribution in [-0.4, -0.2) is 18.6 Å². The monoisotopic (exact) mass is 785 g/mol. The predicted octanol–water partition coefficient (Wildman–Crippen LogP) is 9.81. The molecule has 2 aliphatic rings. The third-order valence-corrected chi connectivity index (χ3v) is 18.5. The van der Waals surface area contributed by atoms with Gasteiger partial charge >= 0.3 is 0 Å². The molecule has 10 aromatic rings. The summed E-state index contributed by atoms with van der Waals surface area (Å²) in [5.41, 5.74) is 10.9. The fourth-order valence-corrected chi connectivity index (χ4v) is 16.0. The van der Waals surface area contributed by atoms with E-state index in [1.54, 1.807) is 0 Å². The molecule has 0 atom stereocenters. The highest BCUT2D eigenvalue weighted by Gasteiger charge is 2.42. The zero-order valence-electron chi connectivity index (χ0n) is 32.1. The molecule has 0 aliphatic carbocycles. The lowest BCUT2D eigenvalue weighted by atomic mass is 9.57. The Labute approximate surface area is 349 Å². The molecule has 0 saturated heterocycles. The van der Waals surface area contributed by atoms with Gasteiger partial charge in [0.15, 0.2) is 8.07 Å². The summed E-state index contributed by atoms with van der Waals surface area (Å²) in [6, 6.07) is 80.7. The van der Waals surface area contributed by atoms with Crippen molar-refractivity contribution in [2.24, 2.45) is 0 Å². The Balaban J connectivity index is 1.09. The third-order valence-electron chi connectivity index (χ3n) is 12.4. The van der Waals surface area contributed by atoms with Gasteiger partial charge in [0.2, 0.25) is 0 Å². The molecule has 0 radical (unpaired) electrons. The first kappa shape index (κ1) is 34.3. The largest absolute Gasteiger partial charge is 0.458 e. The average Bonchev–Trinajstić information content (AvgIpc) is 3.65. The van der Waals surface area contributed by atoms with Gasteiger partial charge in [-0.25, -0.2) is 0 Å². The minimum Gasteiger partial charge on any atom is -0.458 e. The zero-order valence-corrected chi connectivity index (χ0v) is 33.9. The van der Waals surface area contributed by atoms with Crippen molar-refractivity contribution in [3.8, 4) is 39.4 Å². The van der Waals surface area contributed by atoms with Crippen LogP contribution in [0.5, 0.6) is 11.5 Å². The van der Waals surface area contributed by atoms with Crippen LogP contribution in [0.1, 0.15) is 0 Å². The molecule has 2 nitrogen and oxygen atoms in total. The maximum absolute atomic E-state index is 6.91. The van der Waals surface area contributed by atoms with Crippen LogP contribution >= 0.6 is 11.6 Å². The summed E-state index contributed by atoms with van der Waals surface area (Å²) < 4.78 is 9.34. The summed E-state index contributed by atoms with van der Waals surface area (Å²) in [4.78, 5) is 1.28. The van der Waals surface area contributed by atoms with Crippen LogP contribution in [0.3, 0.4) is 0 Å². The van der Waals surface area contributed by atoms with Gasteiger partial charge in [-0.05, 0) is 102 Å². The molecule has 0 bridgehead atoms. The summed E-state index contributed by atoms with van der Waals surface area (Å²) in [6.07, 6.45) is 0. The number of aromatic nitrogens is 1. The zero-order chi connectivity index (χ0) is 38.9. The minimum atomic E-state index is -2.74. The van der Waals surface area contributed by atoms with E-state index >= 15 is 0 Å². The number of para-hydroxylation sites is 3. The van der Waals surface area contributed by atoms with Crippen molar-refractivity contribution in [2.75, 3.05) is 0 Å². The Kier molecular flexibility index (Phi) is 7.94. The second-order valence-electron chi connectivity index (χ2n) is 15.6. The number of nitrogens with zero attached hydrogens (tertiary/aromatic N) is 1. The van der Waals surface area contributed by atoms with Gasteiger partial charge in [-0.3, -0.25) is 0 Å². The highest BCUT2D eigenvalue weighted by atomic mass is 32.2. The molecule has 3 heterocycles. The van der Waals surface area contributed by atoms with E-state index in [1.807, 2.05) is 11.6 Å². The Bertz CT molecular complexity index is 3090. The van der Waals surface area contributed by atoms with Gasteiger partial charge in [-0.1, -0.05) is 170 Å². The summed E-state index contributed by atoms with van der Waals surface area (Å²) >= 11 is 1.94. The molecule has 2 aliphatic heterocycles. The van der Waals surface area contributed by atoms with E-state index in [-0.39, 0.29) is 5.99 Å². The number of rotatable bonds is 6. The van der Waals surface area contributed by atoms with E-state index in [4.69, 9.17) is 4.74 Å². The first-order valence-electron chi connectivity index (χ1n) is 20.3. The number of ether oxygens (including phenoxy) is 1. The van der Waals surface area contributed by atoms with Crippen LogP contribution in [0.25, 0.3) is 49.7 Å². The van der Waals surface area contributed by atoms with Gasteiger partial charge in [-0.2, -0.15) is 11.6 Å². The molecule has 9 aromatic carbocycles. The van der Waals surface area contributed by atoms with Crippen molar-refractivity contribution < 1.29 is 4.74 Å². The molecule has 0 amide bonds. The van der Waals surface area contributed by atoms with Crippen molar-refractivity contribution in [1.29, 1.82) is 0 Å². The standard InChI is InChI=1S/C54H36BNOSSi/c1-4-18-40(19-5-1)59(41-20-6-2-7-21-41,42-22-8-3-9-23-42)43-24-16-17-37(33-43)38-34-47-46-36-39(56-49-28-13-10-25-44(49)45-26-11-14-29-50(45)56)31-32-53(46)58-55-48-27-12-15-30-51(48)57-52(35-38)54(47)55/h1-36H. The van der Waals surface area contributed by atoms with E-state index in [0.29, 0.717) is 0 Å².